The van der Waals surface area contributed by atoms with Gasteiger partial charge in [0.1, 0.15) is 0 Å². The Hall–Kier alpha value is -14.5. The van der Waals surface area contributed by atoms with E-state index in [9.17, 15) is 0 Å². The third kappa shape index (κ3) is 12.0. The molecule has 17 aromatic carbocycles. The molecule has 0 aromatic heterocycles. The van der Waals surface area contributed by atoms with E-state index in [0.29, 0.717) is 0 Å². The first-order valence-electron chi connectivity index (χ1n) is 39.9. The Bertz CT molecular complexity index is 6460. The van der Waals surface area contributed by atoms with Crippen molar-refractivity contribution in [3.63, 3.8) is 0 Å². The summed E-state index contributed by atoms with van der Waals surface area (Å²) in [5.41, 5.74) is 34.2. The van der Waals surface area contributed by atoms with Gasteiger partial charge in [-0.15, -0.1) is 0 Å². The summed E-state index contributed by atoms with van der Waals surface area (Å²) in [5.74, 6) is 5.87. The van der Waals surface area contributed by atoms with Crippen LogP contribution in [0, 0.1) is 41.5 Å². The van der Waals surface area contributed by atoms with Gasteiger partial charge >= 0.3 is 0 Å². The van der Waals surface area contributed by atoms with Gasteiger partial charge in [-0.1, -0.05) is 301 Å². The number of nitrogens with zero attached hydrogens (tertiary/aromatic N) is 2. The predicted octanol–water partition coefficient (Wildman–Crippen LogP) is 29.7. The van der Waals surface area contributed by atoms with Gasteiger partial charge in [-0.2, -0.15) is 0 Å². The Balaban J connectivity index is 0.000000153. The Kier molecular flexibility index (Phi) is 17.6. The van der Waals surface area contributed by atoms with Gasteiger partial charge in [-0.3, -0.25) is 0 Å². The van der Waals surface area contributed by atoms with Crippen LogP contribution in [-0.4, -0.2) is 0 Å². The van der Waals surface area contributed by atoms with E-state index in [-0.39, 0.29) is 0 Å². The van der Waals surface area contributed by atoms with Crippen molar-refractivity contribution in [1.29, 1.82) is 0 Å². The average Bonchev–Trinajstić information content (AvgIpc) is 1.54. The zero-order valence-electron chi connectivity index (χ0n) is 65.5. The molecule has 0 fully saturated rings. The van der Waals surface area contributed by atoms with Gasteiger partial charge in [0.15, 0.2) is 46.0 Å². The van der Waals surface area contributed by atoms with Crippen molar-refractivity contribution in [3.05, 3.63) is 466 Å². The lowest BCUT2D eigenvalue weighted by molar-refractivity contribution is 0.360. The fourth-order valence-electron chi connectivity index (χ4n) is 18.7. The monoisotopic (exact) mass is 1490 g/mol. The van der Waals surface area contributed by atoms with Crippen molar-refractivity contribution in [2.45, 2.75) is 52.4 Å². The van der Waals surface area contributed by atoms with Crippen molar-refractivity contribution in [1.82, 2.24) is 0 Å². The third-order valence-electron chi connectivity index (χ3n) is 23.6. The number of aryl methyl sites for hydroxylation is 6. The second kappa shape index (κ2) is 28.9. The molecule has 6 heteroatoms. The molecule has 0 bridgehead atoms. The van der Waals surface area contributed by atoms with Gasteiger partial charge in [0.2, 0.25) is 0 Å². The fourth-order valence-corrected chi connectivity index (χ4v) is 18.7. The van der Waals surface area contributed by atoms with Crippen LogP contribution in [0.15, 0.2) is 388 Å². The summed E-state index contributed by atoms with van der Waals surface area (Å²) in [6.45, 7) is 13.2. The molecule has 17 aromatic rings. The highest BCUT2D eigenvalue weighted by molar-refractivity contribution is 5.95. The molecule has 0 spiro atoms. The number of rotatable bonds is 13. The molecule has 0 amide bonds. The van der Waals surface area contributed by atoms with Crippen LogP contribution in [0.2, 0.25) is 0 Å². The van der Waals surface area contributed by atoms with E-state index in [1.165, 1.54) is 100 Å². The summed E-state index contributed by atoms with van der Waals surface area (Å²) in [6, 6.07) is 139. The minimum Gasteiger partial charge on any atom is -0.449 e. The first-order chi connectivity index (χ1) is 56.9. The number of fused-ring (bicyclic) bond motifs is 12. The van der Waals surface area contributed by atoms with Gasteiger partial charge in [0, 0.05) is 45.3 Å². The average molecular weight is 1500 g/mol. The molecule has 556 valence electrons. The molecule has 2 heterocycles. The zero-order valence-corrected chi connectivity index (χ0v) is 65.5. The highest BCUT2D eigenvalue weighted by Crippen LogP contribution is 2.65. The lowest BCUT2D eigenvalue weighted by atomic mass is 9.67. The van der Waals surface area contributed by atoms with Gasteiger partial charge in [-0.05, 0) is 251 Å². The van der Waals surface area contributed by atoms with E-state index < -0.39 is 10.8 Å². The molecular weight excluding hydrogens is 1410 g/mol. The molecule has 116 heavy (non-hydrogen) atoms. The summed E-state index contributed by atoms with van der Waals surface area (Å²) in [7, 11) is 0. The maximum absolute atomic E-state index is 6.78. The lowest BCUT2D eigenvalue weighted by Gasteiger charge is -2.35. The lowest BCUT2D eigenvalue weighted by Crippen LogP contribution is -2.28. The van der Waals surface area contributed by atoms with Crippen LogP contribution in [0.1, 0.15) is 77.9 Å². The van der Waals surface area contributed by atoms with Crippen LogP contribution in [-0.2, 0) is 10.8 Å². The number of benzene rings is 17. The second-order valence-electron chi connectivity index (χ2n) is 31.0. The van der Waals surface area contributed by atoms with Crippen LogP contribution >= 0.6 is 0 Å². The van der Waals surface area contributed by atoms with Crippen molar-refractivity contribution < 1.29 is 18.9 Å². The van der Waals surface area contributed by atoms with E-state index >= 15 is 0 Å². The summed E-state index contributed by atoms with van der Waals surface area (Å²) in [4.78, 5) is 4.73. The van der Waals surface area contributed by atoms with E-state index in [0.717, 1.165) is 114 Å². The van der Waals surface area contributed by atoms with Crippen molar-refractivity contribution >= 4 is 34.1 Å². The Morgan fingerprint density at radius 2 is 0.517 bits per heavy atom. The van der Waals surface area contributed by atoms with Crippen LogP contribution in [0.3, 0.4) is 0 Å². The SMILES string of the molecule is Cc1cc(C)cc(-c2ccc(N(c3ccc(C4(c5ccccc5)c5ccccc5-c5c4ccc4c5Oc5ccccc5O4)cc3)c3ccc(-c4cc(C)cc(C)c4)cc3C)c(C)c2)c1.c1ccc(N(c2ccccc2)c2ccc(-c3ccc(C4(c5ccccc5)c5ccccc5-c5c4ccc4c5Oc5ccccc5O4)cc3)cc2)cc1. The van der Waals surface area contributed by atoms with Gasteiger partial charge in [0.25, 0.3) is 0 Å². The molecule has 2 aliphatic carbocycles. The standard InChI is InChI=1S/C61H49NO2.C49H33NO2/c1-38-30-39(2)33-46(32-38)44-20-27-54(42(5)36-44)62(55-28-21-45(37-43(55)6)47-34-40(3)31-41(4)35-47)50-24-22-49(23-25-50)61(48-14-8-7-9-15-48)52-17-11-10-16-51(52)59-53(61)26-29-58-60(59)64-57-19-13-12-18-56(57)63-58;1-4-14-36(15-5-1)49(42-21-11-10-20-41(42)47-43(49)32-33-46-48(47)52-45-23-13-12-22-44(45)51-46)37-28-24-34(25-29-37)35-26-30-40(31-27-35)50(38-16-6-2-7-17-38)39-18-8-3-9-19-39/h7-37H,1-6H3;1-33H. The first-order valence-corrected chi connectivity index (χ1v) is 39.9. The largest absolute Gasteiger partial charge is 0.449 e. The smallest absolute Gasteiger partial charge is 0.178 e. The van der Waals surface area contributed by atoms with E-state index in [1.54, 1.807) is 0 Å². The highest BCUT2D eigenvalue weighted by atomic mass is 16.6. The topological polar surface area (TPSA) is 43.4 Å². The molecule has 6 nitrogen and oxygen atoms in total. The van der Waals surface area contributed by atoms with Crippen LogP contribution in [0.25, 0.3) is 55.6 Å². The number of ether oxygens (including phenoxy) is 4. The second-order valence-corrected chi connectivity index (χ2v) is 31.0. The molecule has 0 radical (unpaired) electrons. The quantitative estimate of drug-likeness (QED) is 0.115. The summed E-state index contributed by atoms with van der Waals surface area (Å²) in [6.07, 6.45) is 0. The van der Waals surface area contributed by atoms with Crippen LogP contribution < -0.4 is 28.7 Å². The highest BCUT2D eigenvalue weighted by Gasteiger charge is 2.50. The third-order valence-corrected chi connectivity index (χ3v) is 23.6. The number of hydrogen-bond donors (Lipinski definition) is 0. The number of anilines is 6. The Morgan fingerprint density at radius 1 is 0.207 bits per heavy atom. The van der Waals surface area contributed by atoms with E-state index in [1.807, 2.05) is 48.5 Å². The number of hydrogen-bond acceptors (Lipinski definition) is 6. The maximum atomic E-state index is 6.78. The predicted molar refractivity (Wildman–Crippen MR) is 475 cm³/mol. The molecular formula is C110H82N2O4. The summed E-state index contributed by atoms with van der Waals surface area (Å²) < 4.78 is 26.4. The van der Waals surface area contributed by atoms with Crippen molar-refractivity contribution in [2.75, 3.05) is 9.80 Å². The van der Waals surface area contributed by atoms with Gasteiger partial charge < -0.3 is 28.7 Å². The Morgan fingerprint density at radius 3 is 0.922 bits per heavy atom. The zero-order chi connectivity index (χ0) is 78.2. The molecule has 2 atom stereocenters. The Labute approximate surface area is 678 Å². The molecule has 2 aliphatic heterocycles. The van der Waals surface area contributed by atoms with Crippen LogP contribution in [0.4, 0.5) is 34.1 Å². The molecule has 0 saturated heterocycles. The summed E-state index contributed by atoms with van der Waals surface area (Å²) in [5, 5.41) is 0. The molecule has 21 rings (SSSR count). The van der Waals surface area contributed by atoms with Crippen molar-refractivity contribution in [2.24, 2.45) is 0 Å². The summed E-state index contributed by atoms with van der Waals surface area (Å²) >= 11 is 0. The molecule has 2 unspecified atom stereocenters. The van der Waals surface area contributed by atoms with E-state index in [4.69, 9.17) is 18.9 Å². The van der Waals surface area contributed by atoms with Crippen LogP contribution in [0.5, 0.6) is 46.0 Å². The maximum Gasteiger partial charge on any atom is 0.178 e. The normalized spacial score (nSPS) is 14.6. The molecule has 4 aliphatic rings. The minimum atomic E-state index is -0.626. The first kappa shape index (κ1) is 70.6. The van der Waals surface area contributed by atoms with Crippen molar-refractivity contribution in [3.8, 4) is 102 Å². The van der Waals surface area contributed by atoms with Gasteiger partial charge in [-0.25, -0.2) is 0 Å². The fraction of sp³-hybridized carbons (Fsp3) is 0.0727. The van der Waals surface area contributed by atoms with Gasteiger partial charge in [0.05, 0.1) is 10.8 Å². The van der Waals surface area contributed by atoms with E-state index in [2.05, 4.69) is 391 Å². The molecule has 0 saturated carbocycles. The molecule has 0 N–H and O–H groups in total. The number of para-hydroxylation sites is 6. The minimum absolute atomic E-state index is 0.559.